The number of hydrogen-bond donors (Lipinski definition) is 3. The molecule has 0 atom stereocenters. The van der Waals surface area contributed by atoms with Crippen LogP contribution >= 0.6 is 0 Å². The zero-order valence-corrected chi connectivity index (χ0v) is 16.2. The van der Waals surface area contributed by atoms with E-state index in [1.807, 2.05) is 25.9 Å². The number of carbonyl (C=O) groups is 2. The van der Waals surface area contributed by atoms with Crippen molar-refractivity contribution in [3.8, 4) is 0 Å². The summed E-state index contributed by atoms with van der Waals surface area (Å²) < 4.78 is 63.5. The van der Waals surface area contributed by atoms with E-state index in [2.05, 4.69) is 26.3 Å². The molecule has 2 heterocycles. The zero-order valence-electron chi connectivity index (χ0n) is 16.2. The molecule has 0 saturated carbocycles. The number of aliphatic carboxylic acids is 2. The van der Waals surface area contributed by atoms with Gasteiger partial charge in [0.15, 0.2) is 0 Å². The zero-order chi connectivity index (χ0) is 23.7. The number of carboxylic acids is 2. The first-order valence-electron chi connectivity index (χ1n) is 8.14. The Hall–Kier alpha value is -2.84. The van der Waals surface area contributed by atoms with E-state index in [4.69, 9.17) is 19.8 Å². The van der Waals surface area contributed by atoms with E-state index in [0.717, 1.165) is 43.6 Å². The van der Waals surface area contributed by atoms with Gasteiger partial charge in [-0.3, -0.25) is 0 Å². The Kier molecular flexibility index (Phi) is 10.3. The fourth-order valence-electron chi connectivity index (χ4n) is 1.79. The molecule has 3 N–H and O–H groups in total. The van der Waals surface area contributed by atoms with Crippen molar-refractivity contribution in [1.29, 1.82) is 0 Å². The van der Waals surface area contributed by atoms with Crippen molar-refractivity contribution >= 4 is 23.7 Å². The lowest BCUT2D eigenvalue weighted by Crippen LogP contribution is -2.44. The quantitative estimate of drug-likeness (QED) is 0.578. The Labute approximate surface area is 167 Å². The second-order valence-corrected chi connectivity index (χ2v) is 5.90. The van der Waals surface area contributed by atoms with Crippen LogP contribution < -0.4 is 15.1 Å². The molecule has 1 aliphatic rings. The maximum atomic E-state index is 10.6. The fourth-order valence-corrected chi connectivity index (χ4v) is 1.79. The Balaban J connectivity index is 0.000000503. The molecular formula is C15H21F6N5O4. The highest BCUT2D eigenvalue weighted by Crippen LogP contribution is 2.16. The SMILES string of the molecule is Cc1cc(N2CCNCC2)nc(N(C)C)n1.O=C(O)C(F)(F)F.O=C(O)C(F)(F)F. The third-order valence-electron chi connectivity index (χ3n) is 3.15. The molecule has 0 amide bonds. The van der Waals surface area contributed by atoms with Crippen LogP contribution in [0.4, 0.5) is 38.1 Å². The van der Waals surface area contributed by atoms with Crippen molar-refractivity contribution in [1.82, 2.24) is 15.3 Å². The number of anilines is 2. The number of alkyl halides is 6. The summed E-state index contributed by atoms with van der Waals surface area (Å²) in [5.41, 5.74) is 1.02. The van der Waals surface area contributed by atoms with Crippen LogP contribution in [0.2, 0.25) is 0 Å². The minimum absolute atomic E-state index is 0.786. The molecule has 0 unspecified atom stereocenters. The molecule has 1 aliphatic heterocycles. The average Bonchev–Trinajstić information content (AvgIpc) is 2.61. The van der Waals surface area contributed by atoms with Gasteiger partial charge in [0.2, 0.25) is 5.95 Å². The van der Waals surface area contributed by atoms with Crippen LogP contribution in [0.25, 0.3) is 0 Å². The molecule has 9 nitrogen and oxygen atoms in total. The molecule has 172 valence electrons. The lowest BCUT2D eigenvalue weighted by molar-refractivity contribution is -0.193. The first-order chi connectivity index (χ1) is 13.6. The second-order valence-electron chi connectivity index (χ2n) is 5.90. The third-order valence-corrected chi connectivity index (χ3v) is 3.15. The third kappa shape index (κ3) is 10.6. The van der Waals surface area contributed by atoms with Gasteiger partial charge >= 0.3 is 24.3 Å². The number of nitrogens with one attached hydrogen (secondary N) is 1. The molecule has 1 fully saturated rings. The van der Waals surface area contributed by atoms with Gasteiger partial charge in [-0.25, -0.2) is 14.6 Å². The highest BCUT2D eigenvalue weighted by Gasteiger charge is 2.38. The summed E-state index contributed by atoms with van der Waals surface area (Å²) in [5.74, 6) is -3.69. The summed E-state index contributed by atoms with van der Waals surface area (Å²) in [5, 5.41) is 17.6. The Morgan fingerprint density at radius 2 is 1.40 bits per heavy atom. The summed E-state index contributed by atoms with van der Waals surface area (Å²) in [4.78, 5) is 31.0. The van der Waals surface area contributed by atoms with Crippen molar-refractivity contribution in [2.45, 2.75) is 19.3 Å². The molecular weight excluding hydrogens is 428 g/mol. The maximum Gasteiger partial charge on any atom is 0.490 e. The van der Waals surface area contributed by atoms with Gasteiger partial charge in [0.1, 0.15) is 5.82 Å². The van der Waals surface area contributed by atoms with E-state index in [0.29, 0.717) is 0 Å². The average molecular weight is 449 g/mol. The van der Waals surface area contributed by atoms with Crippen LogP contribution in [0.3, 0.4) is 0 Å². The molecule has 15 heteroatoms. The first kappa shape index (κ1) is 27.2. The van der Waals surface area contributed by atoms with Crippen molar-refractivity contribution in [2.24, 2.45) is 0 Å². The number of carboxylic acid groups (broad SMARTS) is 2. The highest BCUT2D eigenvalue weighted by atomic mass is 19.4. The number of nitrogens with zero attached hydrogens (tertiary/aromatic N) is 4. The Morgan fingerprint density at radius 1 is 1.00 bits per heavy atom. The van der Waals surface area contributed by atoms with E-state index in [1.54, 1.807) is 0 Å². The van der Waals surface area contributed by atoms with E-state index in [9.17, 15) is 26.3 Å². The predicted octanol–water partition coefficient (Wildman–Crippen LogP) is 1.53. The van der Waals surface area contributed by atoms with Crippen LogP contribution in [0, 0.1) is 6.92 Å². The number of piperazine rings is 1. The van der Waals surface area contributed by atoms with E-state index >= 15 is 0 Å². The topological polar surface area (TPSA) is 119 Å². The van der Waals surface area contributed by atoms with Crippen molar-refractivity contribution < 1.29 is 46.1 Å². The largest absolute Gasteiger partial charge is 0.490 e. The van der Waals surface area contributed by atoms with Gasteiger partial charge in [0, 0.05) is 52.0 Å². The monoisotopic (exact) mass is 449 g/mol. The van der Waals surface area contributed by atoms with Gasteiger partial charge in [-0.2, -0.15) is 31.3 Å². The predicted molar refractivity (Wildman–Crippen MR) is 93.6 cm³/mol. The molecule has 0 radical (unpaired) electrons. The van der Waals surface area contributed by atoms with Crippen LogP contribution in [-0.4, -0.2) is 84.7 Å². The van der Waals surface area contributed by atoms with Crippen LogP contribution in [0.1, 0.15) is 5.69 Å². The maximum absolute atomic E-state index is 10.6. The first-order valence-corrected chi connectivity index (χ1v) is 8.14. The van der Waals surface area contributed by atoms with Crippen LogP contribution in [0.5, 0.6) is 0 Å². The number of aryl methyl sites for hydroxylation is 1. The molecule has 0 aliphatic carbocycles. The molecule has 30 heavy (non-hydrogen) atoms. The molecule has 0 aromatic carbocycles. The molecule has 2 rings (SSSR count). The van der Waals surface area contributed by atoms with E-state index in [1.165, 1.54) is 0 Å². The van der Waals surface area contributed by atoms with E-state index in [-0.39, 0.29) is 0 Å². The van der Waals surface area contributed by atoms with Gasteiger partial charge < -0.3 is 25.3 Å². The summed E-state index contributed by atoms with van der Waals surface area (Å²) in [6.45, 7) is 6.10. The lowest BCUT2D eigenvalue weighted by atomic mass is 10.3. The Morgan fingerprint density at radius 3 is 1.73 bits per heavy atom. The van der Waals surface area contributed by atoms with Crippen molar-refractivity contribution in [3.63, 3.8) is 0 Å². The molecule has 1 aromatic heterocycles. The second kappa shape index (κ2) is 11.4. The smallest absolute Gasteiger partial charge is 0.475 e. The van der Waals surface area contributed by atoms with Crippen LogP contribution in [0.15, 0.2) is 6.07 Å². The lowest BCUT2D eigenvalue weighted by Gasteiger charge is -2.29. The minimum atomic E-state index is -5.08. The number of rotatable bonds is 2. The van der Waals surface area contributed by atoms with Gasteiger partial charge in [0.25, 0.3) is 0 Å². The normalized spacial score (nSPS) is 14.0. The molecule has 0 bridgehead atoms. The molecule has 1 saturated heterocycles. The fraction of sp³-hybridized carbons (Fsp3) is 0.600. The summed E-state index contributed by atoms with van der Waals surface area (Å²) in [6.07, 6.45) is -10.2. The molecule has 0 spiro atoms. The summed E-state index contributed by atoms with van der Waals surface area (Å²) in [7, 11) is 3.94. The van der Waals surface area contributed by atoms with Gasteiger partial charge in [-0.1, -0.05) is 0 Å². The molecule has 1 aromatic rings. The summed E-state index contributed by atoms with van der Waals surface area (Å²) in [6, 6.07) is 2.05. The standard InChI is InChI=1S/C11H19N5.2C2HF3O2/c1-9-8-10(14-11(13-9)15(2)3)16-6-4-12-5-7-16;2*3-2(4,5)1(6)7/h8,12H,4-7H2,1-3H3;2*(H,6,7). The highest BCUT2D eigenvalue weighted by molar-refractivity contribution is 5.73. The van der Waals surface area contributed by atoms with Crippen molar-refractivity contribution in [2.75, 3.05) is 50.1 Å². The van der Waals surface area contributed by atoms with Gasteiger partial charge in [0.05, 0.1) is 0 Å². The van der Waals surface area contributed by atoms with Gasteiger partial charge in [-0.15, -0.1) is 0 Å². The number of aromatic nitrogens is 2. The number of hydrogen-bond acceptors (Lipinski definition) is 7. The summed E-state index contributed by atoms with van der Waals surface area (Å²) >= 11 is 0. The van der Waals surface area contributed by atoms with Crippen molar-refractivity contribution in [3.05, 3.63) is 11.8 Å². The van der Waals surface area contributed by atoms with Gasteiger partial charge in [-0.05, 0) is 6.92 Å². The Bertz CT molecular complexity index is 682. The van der Waals surface area contributed by atoms with Crippen LogP contribution in [-0.2, 0) is 9.59 Å². The number of halogens is 6. The minimum Gasteiger partial charge on any atom is -0.475 e. The van der Waals surface area contributed by atoms with E-state index < -0.39 is 24.3 Å².